The number of amides is 1. The summed E-state index contributed by atoms with van der Waals surface area (Å²) in [5.74, 6) is -0.429. The lowest BCUT2D eigenvalue weighted by Crippen LogP contribution is -2.57. The number of nitrogens with zero attached hydrogens (tertiary/aromatic N) is 2. The van der Waals surface area contributed by atoms with Crippen LogP contribution in [0.5, 0.6) is 0 Å². The van der Waals surface area contributed by atoms with Gasteiger partial charge in [-0.2, -0.15) is 13.2 Å². The minimum absolute atomic E-state index is 0.0768. The van der Waals surface area contributed by atoms with Gasteiger partial charge >= 0.3 is 6.18 Å². The molecular weight excluding hydrogens is 521 g/mol. The van der Waals surface area contributed by atoms with E-state index < -0.39 is 23.7 Å². The van der Waals surface area contributed by atoms with Crippen molar-refractivity contribution in [3.63, 3.8) is 0 Å². The third kappa shape index (κ3) is 5.65. The third-order valence-corrected chi connectivity index (χ3v) is 9.20. The summed E-state index contributed by atoms with van der Waals surface area (Å²) in [6, 6.07) is 4.93. The molecule has 2 saturated heterocycles. The molecule has 1 aromatic heterocycles. The third-order valence-electron chi connectivity index (χ3n) is 9.20. The number of pyridine rings is 1. The van der Waals surface area contributed by atoms with Crippen LogP contribution in [0.15, 0.2) is 35.3 Å². The molecule has 7 nitrogen and oxygen atoms in total. The second-order valence-electron chi connectivity index (χ2n) is 11.8. The first kappa shape index (κ1) is 28.7. The molecule has 1 unspecified atom stereocenters. The molecule has 10 heteroatoms. The van der Waals surface area contributed by atoms with Gasteiger partial charge in [0.05, 0.1) is 22.9 Å². The fraction of sp³-hybridized carbons (Fsp3) is 0.600. The molecule has 0 radical (unpaired) electrons. The number of anilines is 1. The van der Waals surface area contributed by atoms with E-state index in [0.717, 1.165) is 44.8 Å². The van der Waals surface area contributed by atoms with Crippen LogP contribution in [0.3, 0.4) is 0 Å². The fourth-order valence-corrected chi connectivity index (χ4v) is 6.87. The van der Waals surface area contributed by atoms with Crippen molar-refractivity contribution in [1.29, 1.82) is 0 Å². The molecule has 1 spiro atoms. The van der Waals surface area contributed by atoms with Crippen LogP contribution in [-0.2, 0) is 10.9 Å². The Hall–Kier alpha value is -2.85. The lowest BCUT2D eigenvalue weighted by atomic mass is 9.60. The number of benzene rings is 1. The minimum atomic E-state index is -4.48. The van der Waals surface area contributed by atoms with Gasteiger partial charge < -0.3 is 24.8 Å². The van der Waals surface area contributed by atoms with Crippen molar-refractivity contribution in [1.82, 2.24) is 14.8 Å². The zero-order valence-electron chi connectivity index (χ0n) is 23.4. The summed E-state index contributed by atoms with van der Waals surface area (Å²) >= 11 is 0. The van der Waals surface area contributed by atoms with Gasteiger partial charge in [0.25, 0.3) is 11.5 Å². The van der Waals surface area contributed by atoms with Crippen LogP contribution in [0.1, 0.15) is 84.6 Å². The van der Waals surface area contributed by atoms with Crippen LogP contribution in [0.2, 0.25) is 0 Å². The van der Waals surface area contributed by atoms with Crippen molar-refractivity contribution < 1.29 is 22.7 Å². The van der Waals surface area contributed by atoms with Gasteiger partial charge in [0.1, 0.15) is 0 Å². The molecule has 40 heavy (non-hydrogen) atoms. The van der Waals surface area contributed by atoms with Crippen LogP contribution in [0.4, 0.5) is 18.9 Å². The Balaban J connectivity index is 1.45. The maximum absolute atomic E-state index is 13.8. The summed E-state index contributed by atoms with van der Waals surface area (Å²) in [6.45, 7) is 6.23. The standard InChI is InChI=1S/C30H39F3N4O3/c1-19-22(6-4-7-24(19)30(31,32)33)20(2)34-28(39)23-17-37(21-9-14-40-15-10-21)27(38)16-25(23)35-26-8-12-29(26)11-5-13-36(3)18-29/h4,6-7,16-17,20-21,26,35H,5,8-15,18H2,1-3H3,(H,34,39)/t20?,26-,29+/m1/s1. The van der Waals surface area contributed by atoms with Crippen molar-refractivity contribution in [2.24, 2.45) is 5.41 Å². The molecule has 1 amide bonds. The smallest absolute Gasteiger partial charge is 0.381 e. The lowest BCUT2D eigenvalue weighted by Gasteiger charge is -2.54. The molecule has 0 bridgehead atoms. The molecule has 5 rings (SSSR count). The first-order valence-electron chi connectivity index (χ1n) is 14.2. The highest BCUT2D eigenvalue weighted by atomic mass is 19.4. The van der Waals surface area contributed by atoms with Gasteiger partial charge in [-0.25, -0.2) is 0 Å². The van der Waals surface area contributed by atoms with Crippen LogP contribution in [0.25, 0.3) is 0 Å². The van der Waals surface area contributed by atoms with Gasteiger partial charge in [0, 0.05) is 49.5 Å². The number of carbonyl (C=O) groups excluding carboxylic acids is 1. The molecular formula is C30H39F3N4O3. The molecule has 2 aromatic rings. The van der Waals surface area contributed by atoms with Crippen LogP contribution < -0.4 is 16.2 Å². The number of rotatable bonds is 6. The first-order chi connectivity index (χ1) is 19.0. The molecule has 218 valence electrons. The summed E-state index contributed by atoms with van der Waals surface area (Å²) in [5, 5.41) is 6.47. The zero-order chi connectivity index (χ0) is 28.7. The number of hydrogen-bond acceptors (Lipinski definition) is 5. The summed E-state index contributed by atoms with van der Waals surface area (Å²) in [5.41, 5.74) is 0.518. The van der Waals surface area contributed by atoms with Crippen molar-refractivity contribution >= 4 is 11.6 Å². The number of aromatic nitrogens is 1. The average molecular weight is 561 g/mol. The quantitative estimate of drug-likeness (QED) is 0.501. The Morgan fingerprint density at radius 2 is 1.93 bits per heavy atom. The molecule has 1 saturated carbocycles. The predicted molar refractivity (Wildman–Crippen MR) is 148 cm³/mol. The summed E-state index contributed by atoms with van der Waals surface area (Å²) < 4.78 is 47.7. The van der Waals surface area contributed by atoms with E-state index in [2.05, 4.69) is 22.6 Å². The second-order valence-corrected chi connectivity index (χ2v) is 11.8. The highest BCUT2D eigenvalue weighted by molar-refractivity contribution is 5.99. The molecule has 3 aliphatic rings. The second kappa shape index (κ2) is 11.2. The molecule has 3 atom stereocenters. The van der Waals surface area contributed by atoms with E-state index in [-0.39, 0.29) is 28.6 Å². The zero-order valence-corrected chi connectivity index (χ0v) is 23.4. The van der Waals surface area contributed by atoms with Gasteiger partial charge in [-0.05, 0) is 83.2 Å². The Morgan fingerprint density at radius 1 is 1.18 bits per heavy atom. The van der Waals surface area contributed by atoms with Crippen LogP contribution in [-0.4, -0.2) is 54.8 Å². The number of halogens is 3. The normalized spacial score (nSPS) is 24.9. The highest BCUT2D eigenvalue weighted by Gasteiger charge is 2.48. The van der Waals surface area contributed by atoms with E-state index in [1.165, 1.54) is 19.1 Å². The maximum Gasteiger partial charge on any atom is 0.416 e. The Labute approximate surface area is 233 Å². The molecule has 1 aliphatic carbocycles. The van der Waals surface area contributed by atoms with E-state index in [0.29, 0.717) is 42.9 Å². The van der Waals surface area contributed by atoms with Crippen molar-refractivity contribution in [3.8, 4) is 0 Å². The number of carbonyl (C=O) groups is 1. The first-order valence-corrected chi connectivity index (χ1v) is 14.2. The summed E-state index contributed by atoms with van der Waals surface area (Å²) in [4.78, 5) is 29.4. The Morgan fingerprint density at radius 3 is 2.58 bits per heavy atom. The monoisotopic (exact) mass is 560 g/mol. The largest absolute Gasteiger partial charge is 0.416 e. The number of ether oxygens (including phenoxy) is 1. The number of hydrogen-bond donors (Lipinski definition) is 2. The van der Waals surface area contributed by atoms with Crippen molar-refractivity contribution in [2.75, 3.05) is 38.7 Å². The fourth-order valence-electron chi connectivity index (χ4n) is 6.87. The SMILES string of the molecule is Cc1c(C(C)NC(=O)c2cn(C3CCOCC3)c(=O)cc2N[C@@H]2CC[C@]23CCCN(C)C3)cccc1C(F)(F)F. The lowest BCUT2D eigenvalue weighted by molar-refractivity contribution is -0.138. The van der Waals surface area contributed by atoms with Gasteiger partial charge in [0.15, 0.2) is 0 Å². The molecule has 1 aromatic carbocycles. The van der Waals surface area contributed by atoms with Gasteiger partial charge in [-0.15, -0.1) is 0 Å². The summed E-state index contributed by atoms with van der Waals surface area (Å²) in [7, 11) is 2.13. The highest BCUT2D eigenvalue weighted by Crippen LogP contribution is 2.49. The number of piperidine rings is 1. The van der Waals surface area contributed by atoms with Crippen molar-refractivity contribution in [3.05, 3.63) is 63.1 Å². The van der Waals surface area contributed by atoms with E-state index in [1.807, 2.05) is 0 Å². The van der Waals surface area contributed by atoms with Gasteiger partial charge in [0.2, 0.25) is 0 Å². The van der Waals surface area contributed by atoms with Gasteiger partial charge in [-0.1, -0.05) is 12.1 Å². The van der Waals surface area contributed by atoms with E-state index in [4.69, 9.17) is 4.74 Å². The Kier molecular flexibility index (Phi) is 8.03. The number of alkyl halides is 3. The number of likely N-dealkylation sites (tertiary alicyclic amines) is 1. The van der Waals surface area contributed by atoms with Crippen LogP contribution >= 0.6 is 0 Å². The van der Waals surface area contributed by atoms with Gasteiger partial charge in [-0.3, -0.25) is 9.59 Å². The van der Waals surface area contributed by atoms with E-state index in [1.54, 1.807) is 23.8 Å². The van der Waals surface area contributed by atoms with Crippen LogP contribution in [0, 0.1) is 12.3 Å². The van der Waals surface area contributed by atoms with E-state index in [9.17, 15) is 22.8 Å². The predicted octanol–water partition coefficient (Wildman–Crippen LogP) is 5.30. The Bertz CT molecular complexity index is 1300. The minimum Gasteiger partial charge on any atom is -0.381 e. The maximum atomic E-state index is 13.8. The summed E-state index contributed by atoms with van der Waals surface area (Å²) in [6.07, 6.45) is 2.76. The van der Waals surface area contributed by atoms with E-state index >= 15 is 0 Å². The molecule has 3 heterocycles. The molecule has 2 N–H and O–H groups in total. The number of nitrogens with one attached hydrogen (secondary N) is 2. The van der Waals surface area contributed by atoms with Crippen molar-refractivity contribution in [2.45, 2.75) is 76.7 Å². The molecule has 3 fully saturated rings. The topological polar surface area (TPSA) is 75.6 Å². The molecule has 2 aliphatic heterocycles. The average Bonchev–Trinajstić information content (AvgIpc) is 2.91.